The van der Waals surface area contributed by atoms with Crippen molar-refractivity contribution in [3.63, 3.8) is 0 Å². The lowest BCUT2D eigenvalue weighted by Gasteiger charge is -2.15. The van der Waals surface area contributed by atoms with Crippen molar-refractivity contribution in [3.8, 4) is 0 Å². The summed E-state index contributed by atoms with van der Waals surface area (Å²) < 4.78 is 0. The first-order chi connectivity index (χ1) is 63.9. The van der Waals surface area contributed by atoms with Crippen LogP contribution < -0.4 is 0 Å². The van der Waals surface area contributed by atoms with E-state index in [9.17, 15) is 34.2 Å². The van der Waals surface area contributed by atoms with Crippen LogP contribution in [0.5, 0.6) is 0 Å². The number of aliphatic hydroxyl groups excluding tert-OH is 2. The third kappa shape index (κ3) is 16.4. The van der Waals surface area contributed by atoms with Crippen molar-refractivity contribution in [1.29, 1.82) is 0 Å². The van der Waals surface area contributed by atoms with Gasteiger partial charge in [-0.25, -0.2) is 0 Å². The number of carbonyl (C=O) groups excluding carboxylic acids is 5. The molecule has 638 valence electrons. The fraction of sp³-hybridized carbons (Fsp3) is 0.137. The van der Waals surface area contributed by atoms with Crippen LogP contribution in [0.1, 0.15) is 190 Å². The molecule has 6 aromatic heterocycles. The van der Waals surface area contributed by atoms with Crippen LogP contribution in [0.15, 0.2) is 322 Å². The van der Waals surface area contributed by atoms with E-state index in [0.29, 0.717) is 16.8 Å². The zero-order chi connectivity index (χ0) is 88.9. The fourth-order valence-corrected chi connectivity index (χ4v) is 20.2. The molecule has 2 unspecified atom stereocenters. The highest BCUT2D eigenvalue weighted by Gasteiger charge is 2.30. The number of aromatic amines is 6. The zero-order valence-electron chi connectivity index (χ0n) is 72.8. The second-order valence-electron chi connectivity index (χ2n) is 34.2. The standard InChI is InChI=1S/C20H19NO.2C20H17NO.C19H13NO2.C19H17NO.C19H15NO/c2*1-13(15-11-10-14-6-2-3-7-16(14)15)20-18(12-22)17-8-4-5-9-19(17)21-20;1-13-6-9-16-14(10-13)7-8-15(16)11-20-18(12-22)17-4-2-3-5-19(17)21-20;21-11-16-14-7-3-4-8-17(14)20-18(16)19(22)15-10-9-12-5-1-2-6-13(12)15;2*21-12-17-16-7-3-4-8-18(16)20-19(17)11-14-10-9-13-5-1-2-6-15(13)14/h2-9,11,13,21-22H,10,12H2,1H3;2-9,11-13,21H,10H2,1H3;2-6,8-10,12,21H,7,11H2,1H3;1-8,10-11,20H,9H2;1-8,10,20-21H,9,11-12H2;1-8,10,12,20H,9,11H2. The highest BCUT2D eigenvalue weighted by Crippen LogP contribution is 2.44. The van der Waals surface area contributed by atoms with Gasteiger partial charge in [-0.3, -0.25) is 24.0 Å². The molecule has 0 saturated carbocycles. The summed E-state index contributed by atoms with van der Waals surface area (Å²) in [5.41, 5.74) is 40.9. The number of aliphatic hydroxyl groups is 2. The highest BCUT2D eigenvalue weighted by molar-refractivity contribution is 6.32. The van der Waals surface area contributed by atoms with Gasteiger partial charge in [0.15, 0.2) is 25.1 Å². The van der Waals surface area contributed by atoms with Crippen molar-refractivity contribution in [1.82, 2.24) is 29.9 Å². The van der Waals surface area contributed by atoms with Gasteiger partial charge in [0.25, 0.3) is 0 Å². The number of fused-ring (bicyclic) bond motifs is 12. The van der Waals surface area contributed by atoms with E-state index in [1.807, 2.05) is 152 Å². The molecule has 0 spiro atoms. The van der Waals surface area contributed by atoms with Crippen molar-refractivity contribution in [2.75, 3.05) is 0 Å². The Kier molecular flexibility index (Phi) is 24.1. The molecule has 130 heavy (non-hydrogen) atoms. The van der Waals surface area contributed by atoms with Gasteiger partial charge < -0.3 is 40.1 Å². The van der Waals surface area contributed by atoms with Gasteiger partial charge in [-0.15, -0.1) is 0 Å². The van der Waals surface area contributed by atoms with Crippen LogP contribution >= 0.6 is 0 Å². The predicted octanol–water partition coefficient (Wildman–Crippen LogP) is 25.4. The Morgan fingerprint density at radius 1 is 0.308 bits per heavy atom. The molecule has 2 atom stereocenters. The van der Waals surface area contributed by atoms with Crippen LogP contribution in [0.3, 0.4) is 0 Å². The Bertz CT molecular complexity index is 7680. The number of hydrogen-bond donors (Lipinski definition) is 8. The Balaban J connectivity index is 0.000000101. The Morgan fingerprint density at radius 3 is 1.12 bits per heavy atom. The predicted molar refractivity (Wildman–Crippen MR) is 529 cm³/mol. The van der Waals surface area contributed by atoms with Gasteiger partial charge >= 0.3 is 0 Å². The number of hydrogen-bond acceptors (Lipinski definition) is 7. The van der Waals surface area contributed by atoms with Crippen LogP contribution in [0.4, 0.5) is 0 Å². The number of carbonyl (C=O) groups is 5. The maximum atomic E-state index is 12.9. The molecule has 18 aromatic rings. The molecule has 13 heteroatoms. The molecule has 0 aliphatic heterocycles. The topological polar surface area (TPSA) is 221 Å². The van der Waals surface area contributed by atoms with Crippen LogP contribution in [0, 0.1) is 6.92 Å². The Labute approximate surface area is 754 Å². The number of allylic oxidation sites excluding steroid dienone is 12. The number of para-hydroxylation sites is 6. The molecule has 13 nitrogen and oxygen atoms in total. The summed E-state index contributed by atoms with van der Waals surface area (Å²) in [6.07, 6.45) is 25.2. The Hall–Kier alpha value is -15.4. The van der Waals surface area contributed by atoms with Crippen LogP contribution in [-0.4, -0.2) is 71.0 Å². The molecule has 0 fully saturated rings. The summed E-state index contributed by atoms with van der Waals surface area (Å²) in [5, 5.41) is 25.6. The van der Waals surface area contributed by atoms with Gasteiger partial charge in [-0.1, -0.05) is 305 Å². The second-order valence-corrected chi connectivity index (χ2v) is 34.2. The largest absolute Gasteiger partial charge is 0.392 e. The van der Waals surface area contributed by atoms with Gasteiger partial charge in [0.05, 0.1) is 24.5 Å². The molecular weight excluding hydrogens is 1600 g/mol. The number of Topliss-reactive ketones (excluding diaryl/α,β-unsaturated/α-hetero) is 1. The summed E-state index contributed by atoms with van der Waals surface area (Å²) in [5.74, 6) is 0.303. The second kappa shape index (κ2) is 37.3. The minimum Gasteiger partial charge on any atom is -0.392 e. The SMILES string of the molecule is CC(C1=CCc2ccccc21)c1[nH]c2ccccc2c1C=O.CC(C1=CCc2ccccc21)c1[nH]c2ccccc2c1CO.Cc1ccc2c(c1)CC=C2Cc1[nH]c2ccccc2c1C=O.O=Cc1c(C(=O)C2=CCc3ccccc32)[nH]c2ccccc12.O=Cc1c(CC2=CCc3ccccc32)[nH]c2ccccc12.OCc1c(CC2=CCc3ccccc32)[nH]c2ccccc12. The molecule has 0 amide bonds. The maximum Gasteiger partial charge on any atom is 0.210 e. The fourth-order valence-electron chi connectivity index (χ4n) is 20.2. The van der Waals surface area contributed by atoms with E-state index < -0.39 is 0 Å². The first kappa shape index (κ1) is 84.1. The lowest BCUT2D eigenvalue weighted by Crippen LogP contribution is -2.05. The molecule has 12 aromatic carbocycles. The Morgan fingerprint density at radius 2 is 0.631 bits per heavy atom. The van der Waals surface area contributed by atoms with Crippen molar-refractivity contribution in [2.45, 2.75) is 104 Å². The summed E-state index contributed by atoms with van der Waals surface area (Å²) in [6.45, 7) is 6.66. The molecular formula is C117H98N6O7. The van der Waals surface area contributed by atoms with Gasteiger partial charge in [-0.05, 0) is 176 Å². The van der Waals surface area contributed by atoms with E-state index in [2.05, 4.69) is 221 Å². The summed E-state index contributed by atoms with van der Waals surface area (Å²) in [7, 11) is 0. The quantitative estimate of drug-likeness (QED) is 0.0306. The molecule has 8 N–H and O–H groups in total. The molecule has 6 aliphatic rings. The van der Waals surface area contributed by atoms with E-state index in [4.69, 9.17) is 0 Å². The van der Waals surface area contributed by atoms with E-state index in [-0.39, 0.29) is 30.8 Å². The third-order valence-corrected chi connectivity index (χ3v) is 26.7. The average molecular weight is 1700 g/mol. The highest BCUT2D eigenvalue weighted by atomic mass is 16.3. The number of aromatic nitrogens is 6. The third-order valence-electron chi connectivity index (χ3n) is 26.7. The maximum absolute atomic E-state index is 12.9. The smallest absolute Gasteiger partial charge is 0.210 e. The first-order valence-corrected chi connectivity index (χ1v) is 44.7. The van der Waals surface area contributed by atoms with Crippen LogP contribution in [-0.2, 0) is 71.0 Å². The lowest BCUT2D eigenvalue weighted by atomic mass is 9.90. The summed E-state index contributed by atoms with van der Waals surface area (Å²) >= 11 is 0. The van der Waals surface area contributed by atoms with Gasteiger partial charge in [0.1, 0.15) is 0 Å². The molecule has 0 saturated heterocycles. The van der Waals surface area contributed by atoms with E-state index in [0.717, 1.165) is 216 Å². The molecule has 6 aliphatic carbocycles. The van der Waals surface area contributed by atoms with Crippen molar-refractivity contribution in [2.24, 2.45) is 0 Å². The minimum absolute atomic E-state index is 0.0681. The van der Waals surface area contributed by atoms with Gasteiger partial charge in [0.2, 0.25) is 5.78 Å². The van der Waals surface area contributed by atoms with E-state index in [1.54, 1.807) is 0 Å². The number of H-pyrrole nitrogens is 6. The summed E-state index contributed by atoms with van der Waals surface area (Å²) in [6, 6.07) is 96.4. The number of ketones is 1. The number of nitrogens with one attached hydrogen (secondary N) is 6. The summed E-state index contributed by atoms with van der Waals surface area (Å²) in [4.78, 5) is 79.4. The zero-order valence-corrected chi connectivity index (χ0v) is 72.8. The molecule has 0 radical (unpaired) electrons. The van der Waals surface area contributed by atoms with Crippen LogP contribution in [0.25, 0.3) is 98.9 Å². The first-order valence-electron chi connectivity index (χ1n) is 44.7. The number of aldehydes is 4. The molecule has 24 rings (SSSR count). The van der Waals surface area contributed by atoms with Gasteiger partial charge in [0, 0.05) is 158 Å². The monoisotopic (exact) mass is 1700 g/mol. The average Bonchev–Trinajstić information content (AvgIpc) is 1.67. The van der Waals surface area contributed by atoms with Crippen molar-refractivity contribution in [3.05, 3.63) is 461 Å². The molecule has 0 bridgehead atoms. The van der Waals surface area contributed by atoms with E-state index in [1.165, 1.54) is 89.1 Å². The normalized spacial score (nSPS) is 13.8. The van der Waals surface area contributed by atoms with Crippen LogP contribution in [0.2, 0.25) is 0 Å². The number of aryl methyl sites for hydroxylation is 1. The van der Waals surface area contributed by atoms with Gasteiger partial charge in [-0.2, -0.15) is 0 Å². The number of benzene rings is 12. The van der Waals surface area contributed by atoms with Crippen molar-refractivity contribution >= 4 is 130 Å². The number of rotatable bonds is 18. The lowest BCUT2D eigenvalue weighted by molar-refractivity contribution is 0.104. The molecule has 6 heterocycles. The van der Waals surface area contributed by atoms with E-state index >= 15 is 0 Å². The van der Waals surface area contributed by atoms with Crippen molar-refractivity contribution < 1.29 is 34.2 Å². The minimum atomic E-state index is -0.122.